The summed E-state index contributed by atoms with van der Waals surface area (Å²) in [7, 11) is 1.90. The Hall–Kier alpha value is -1.04. The first-order valence-corrected chi connectivity index (χ1v) is 6.99. The number of nitrogens with zero attached hydrogens (tertiary/aromatic N) is 1. The largest absolute Gasteiger partial charge is 0.392 e. The summed E-state index contributed by atoms with van der Waals surface area (Å²) in [6, 6.07) is 4.03. The fourth-order valence-electron chi connectivity index (χ4n) is 2.30. The molecule has 0 spiro atoms. The highest BCUT2D eigenvalue weighted by Crippen LogP contribution is 2.22. The molecule has 1 rings (SSSR count). The van der Waals surface area contributed by atoms with E-state index in [0.29, 0.717) is 31.6 Å². The first-order chi connectivity index (χ1) is 9.45. The Balaban J connectivity index is 2.71. The van der Waals surface area contributed by atoms with Crippen LogP contribution in [0.25, 0.3) is 0 Å². The van der Waals surface area contributed by atoms with E-state index in [0.717, 1.165) is 6.07 Å². The molecule has 20 heavy (non-hydrogen) atoms. The van der Waals surface area contributed by atoms with Gasteiger partial charge in [0.25, 0.3) is 0 Å². The first kappa shape index (κ1) is 17.0. The van der Waals surface area contributed by atoms with E-state index >= 15 is 0 Å². The number of nitrogens with one attached hydrogen (secondary N) is 1. The Labute approximate surface area is 119 Å². The van der Waals surface area contributed by atoms with E-state index in [1.165, 1.54) is 6.07 Å². The summed E-state index contributed by atoms with van der Waals surface area (Å²) in [6.45, 7) is 5.60. The highest BCUT2D eigenvalue weighted by atomic mass is 19.2. The quantitative estimate of drug-likeness (QED) is 0.770. The van der Waals surface area contributed by atoms with Crippen LogP contribution < -0.4 is 5.32 Å². The summed E-state index contributed by atoms with van der Waals surface area (Å²) >= 11 is 0. The zero-order chi connectivity index (χ0) is 15.1. The molecule has 114 valence electrons. The van der Waals surface area contributed by atoms with E-state index in [9.17, 15) is 13.9 Å². The molecule has 1 aromatic carbocycles. The van der Waals surface area contributed by atoms with Gasteiger partial charge in [-0.2, -0.15) is 0 Å². The van der Waals surface area contributed by atoms with Gasteiger partial charge in [-0.1, -0.05) is 19.1 Å². The fraction of sp³-hybridized carbons (Fsp3) is 0.600. The van der Waals surface area contributed by atoms with E-state index in [-0.39, 0.29) is 6.04 Å². The number of hydrogen-bond acceptors (Lipinski definition) is 3. The van der Waals surface area contributed by atoms with Crippen LogP contribution in [0, 0.1) is 11.6 Å². The molecule has 2 unspecified atom stereocenters. The van der Waals surface area contributed by atoms with E-state index in [4.69, 9.17) is 0 Å². The van der Waals surface area contributed by atoms with Gasteiger partial charge < -0.3 is 15.3 Å². The molecule has 2 N–H and O–H groups in total. The summed E-state index contributed by atoms with van der Waals surface area (Å²) in [5.74, 6) is -1.60. The van der Waals surface area contributed by atoms with Crippen LogP contribution in [0.4, 0.5) is 8.78 Å². The lowest BCUT2D eigenvalue weighted by atomic mass is 10.0. The van der Waals surface area contributed by atoms with Crippen molar-refractivity contribution in [2.75, 3.05) is 26.7 Å². The molecule has 0 bridgehead atoms. The molecular weight excluding hydrogens is 262 g/mol. The van der Waals surface area contributed by atoms with Crippen molar-refractivity contribution in [3.8, 4) is 0 Å². The molecule has 3 nitrogen and oxygen atoms in total. The van der Waals surface area contributed by atoms with Crippen LogP contribution in [-0.4, -0.2) is 42.8 Å². The van der Waals surface area contributed by atoms with Gasteiger partial charge in [-0.05, 0) is 39.5 Å². The average Bonchev–Trinajstić information content (AvgIpc) is 2.37. The zero-order valence-electron chi connectivity index (χ0n) is 12.4. The molecule has 0 aliphatic heterocycles. The van der Waals surface area contributed by atoms with Crippen LogP contribution in [0.3, 0.4) is 0 Å². The van der Waals surface area contributed by atoms with Crippen molar-refractivity contribution in [3.05, 3.63) is 35.4 Å². The number of likely N-dealkylation sites (N-methyl/N-ethyl adjacent to an activating group) is 1. The van der Waals surface area contributed by atoms with Gasteiger partial charge in [-0.3, -0.25) is 0 Å². The SMILES string of the molecule is CCNC(CCN(C)CC(C)O)c1cccc(F)c1F. The monoisotopic (exact) mass is 286 g/mol. The van der Waals surface area contributed by atoms with E-state index < -0.39 is 17.7 Å². The van der Waals surface area contributed by atoms with Gasteiger partial charge in [0.1, 0.15) is 0 Å². The Kier molecular flexibility index (Phi) is 7.05. The molecule has 0 fully saturated rings. The van der Waals surface area contributed by atoms with Crippen LogP contribution in [0.15, 0.2) is 18.2 Å². The van der Waals surface area contributed by atoms with Crippen LogP contribution in [0.1, 0.15) is 31.9 Å². The lowest BCUT2D eigenvalue weighted by Crippen LogP contribution is -2.31. The second-order valence-corrected chi connectivity index (χ2v) is 5.15. The van der Waals surface area contributed by atoms with Crippen molar-refractivity contribution in [3.63, 3.8) is 0 Å². The number of halogens is 2. The molecule has 0 heterocycles. The number of rotatable bonds is 8. The molecule has 0 amide bonds. The molecule has 0 saturated carbocycles. The Bertz CT molecular complexity index is 413. The number of aliphatic hydroxyl groups is 1. The van der Waals surface area contributed by atoms with Gasteiger partial charge >= 0.3 is 0 Å². The van der Waals surface area contributed by atoms with Crippen LogP contribution in [0.2, 0.25) is 0 Å². The minimum Gasteiger partial charge on any atom is -0.392 e. The van der Waals surface area contributed by atoms with Crippen molar-refractivity contribution < 1.29 is 13.9 Å². The van der Waals surface area contributed by atoms with Gasteiger partial charge in [0.2, 0.25) is 0 Å². The molecule has 0 radical (unpaired) electrons. The maximum absolute atomic E-state index is 13.8. The summed E-state index contributed by atoms with van der Waals surface area (Å²) in [6.07, 6.45) is 0.251. The summed E-state index contributed by atoms with van der Waals surface area (Å²) in [4.78, 5) is 1.98. The number of hydrogen-bond donors (Lipinski definition) is 2. The summed E-state index contributed by atoms with van der Waals surface area (Å²) in [5.41, 5.74) is 0.359. The van der Waals surface area contributed by atoms with Crippen molar-refractivity contribution >= 4 is 0 Å². The third-order valence-electron chi connectivity index (χ3n) is 3.18. The topological polar surface area (TPSA) is 35.5 Å². The van der Waals surface area contributed by atoms with Gasteiger partial charge in [-0.15, -0.1) is 0 Å². The van der Waals surface area contributed by atoms with Crippen molar-refractivity contribution in [1.29, 1.82) is 0 Å². The minimum atomic E-state index is -0.817. The molecular formula is C15H24F2N2O. The first-order valence-electron chi connectivity index (χ1n) is 6.99. The second-order valence-electron chi connectivity index (χ2n) is 5.15. The Morgan fingerprint density at radius 1 is 1.35 bits per heavy atom. The van der Waals surface area contributed by atoms with E-state index in [1.54, 1.807) is 13.0 Å². The normalized spacial score (nSPS) is 14.6. The zero-order valence-corrected chi connectivity index (χ0v) is 12.4. The second kappa shape index (κ2) is 8.29. The smallest absolute Gasteiger partial charge is 0.163 e. The lowest BCUT2D eigenvalue weighted by molar-refractivity contribution is 0.138. The molecule has 0 aromatic heterocycles. The van der Waals surface area contributed by atoms with Crippen LogP contribution in [-0.2, 0) is 0 Å². The maximum Gasteiger partial charge on any atom is 0.163 e. The van der Waals surface area contributed by atoms with Gasteiger partial charge in [0.15, 0.2) is 11.6 Å². The average molecular weight is 286 g/mol. The fourth-order valence-corrected chi connectivity index (χ4v) is 2.30. The summed E-state index contributed by atoms with van der Waals surface area (Å²) in [5, 5.41) is 12.5. The summed E-state index contributed by atoms with van der Waals surface area (Å²) < 4.78 is 27.1. The maximum atomic E-state index is 13.8. The predicted octanol–water partition coefficient (Wildman–Crippen LogP) is 2.32. The predicted molar refractivity (Wildman–Crippen MR) is 76.6 cm³/mol. The third-order valence-corrected chi connectivity index (χ3v) is 3.18. The molecule has 1 aromatic rings. The lowest BCUT2D eigenvalue weighted by Gasteiger charge is -2.24. The van der Waals surface area contributed by atoms with Gasteiger partial charge in [-0.25, -0.2) is 8.78 Å². The molecule has 0 saturated heterocycles. The van der Waals surface area contributed by atoms with E-state index in [2.05, 4.69) is 5.32 Å². The van der Waals surface area contributed by atoms with Gasteiger partial charge in [0.05, 0.1) is 6.10 Å². The molecule has 5 heteroatoms. The van der Waals surface area contributed by atoms with Crippen molar-refractivity contribution in [2.24, 2.45) is 0 Å². The van der Waals surface area contributed by atoms with Crippen molar-refractivity contribution in [2.45, 2.75) is 32.4 Å². The molecule has 2 atom stereocenters. The van der Waals surface area contributed by atoms with Crippen molar-refractivity contribution in [1.82, 2.24) is 10.2 Å². The standard InChI is InChI=1S/C15H24F2N2O/c1-4-18-14(8-9-19(3)10-11(2)20)12-6-5-7-13(16)15(12)17/h5-7,11,14,18,20H,4,8-10H2,1-3H3. The van der Waals surface area contributed by atoms with E-state index in [1.807, 2.05) is 18.9 Å². The number of aliphatic hydroxyl groups excluding tert-OH is 1. The molecule has 0 aliphatic carbocycles. The highest BCUT2D eigenvalue weighted by Gasteiger charge is 2.18. The Morgan fingerprint density at radius 2 is 2.05 bits per heavy atom. The highest BCUT2D eigenvalue weighted by molar-refractivity contribution is 5.22. The van der Waals surface area contributed by atoms with Crippen LogP contribution >= 0.6 is 0 Å². The van der Waals surface area contributed by atoms with Crippen LogP contribution in [0.5, 0.6) is 0 Å². The third kappa shape index (κ3) is 5.15. The molecule has 0 aliphatic rings. The minimum absolute atomic E-state index is 0.229. The Morgan fingerprint density at radius 3 is 2.65 bits per heavy atom. The number of benzene rings is 1. The van der Waals surface area contributed by atoms with Gasteiger partial charge in [0, 0.05) is 18.2 Å².